The number of hydrogen-bond donors (Lipinski definition) is 0. The largest absolute Gasteiger partial charge is 0.306 e. The van der Waals surface area contributed by atoms with E-state index in [1.165, 1.54) is 0 Å². The Labute approximate surface area is 92.7 Å². The van der Waals surface area contributed by atoms with Gasteiger partial charge in [-0.1, -0.05) is 18.2 Å². The van der Waals surface area contributed by atoms with E-state index in [4.69, 9.17) is 0 Å². The van der Waals surface area contributed by atoms with Gasteiger partial charge in [0.1, 0.15) is 11.8 Å². The van der Waals surface area contributed by atoms with Crippen LogP contribution < -0.4 is 0 Å². The van der Waals surface area contributed by atoms with E-state index in [9.17, 15) is 4.39 Å². The molecule has 80 valence electrons. The van der Waals surface area contributed by atoms with Crippen molar-refractivity contribution in [3.05, 3.63) is 54.5 Å². The smallest absolute Gasteiger partial charge is 0.137 e. The second-order valence-corrected chi connectivity index (χ2v) is 3.86. The van der Waals surface area contributed by atoms with Crippen molar-refractivity contribution in [3.63, 3.8) is 0 Å². The molecule has 0 spiro atoms. The van der Waals surface area contributed by atoms with Crippen molar-refractivity contribution >= 4 is 11.2 Å². The third-order valence-electron chi connectivity index (χ3n) is 2.71. The lowest BCUT2D eigenvalue weighted by molar-refractivity contribution is 0.402. The summed E-state index contributed by atoms with van der Waals surface area (Å²) in [6.45, 7) is 0. The van der Waals surface area contributed by atoms with Crippen LogP contribution in [0.1, 0.15) is 12.1 Å². The lowest BCUT2D eigenvalue weighted by atomic mass is 10.0. The van der Waals surface area contributed by atoms with E-state index in [1.54, 1.807) is 12.2 Å². The van der Waals surface area contributed by atoms with Gasteiger partial charge in [0.25, 0.3) is 0 Å². The molecule has 0 amide bonds. The highest BCUT2D eigenvalue weighted by atomic mass is 19.1. The third kappa shape index (κ3) is 1.54. The minimum atomic E-state index is -0.846. The van der Waals surface area contributed by atoms with Gasteiger partial charge in [-0.15, -0.1) is 0 Å². The molecular formula is C13H11FN2. The van der Waals surface area contributed by atoms with Crippen molar-refractivity contribution in [2.24, 2.45) is 0 Å². The molecule has 0 saturated heterocycles. The minimum absolute atomic E-state index is 0.444. The van der Waals surface area contributed by atoms with Crippen molar-refractivity contribution < 1.29 is 4.39 Å². The molecule has 0 radical (unpaired) electrons. The molecule has 0 aliphatic heterocycles. The molecule has 0 N–H and O–H groups in total. The summed E-state index contributed by atoms with van der Waals surface area (Å²) < 4.78 is 14.9. The number of alkyl halides is 1. The molecule has 1 aliphatic carbocycles. The Morgan fingerprint density at radius 1 is 1.38 bits per heavy atom. The first-order valence-corrected chi connectivity index (χ1v) is 5.29. The van der Waals surface area contributed by atoms with Crippen LogP contribution in [0.15, 0.2) is 48.8 Å². The van der Waals surface area contributed by atoms with Gasteiger partial charge in [0.15, 0.2) is 0 Å². The molecule has 1 aliphatic rings. The maximum Gasteiger partial charge on any atom is 0.137 e. The third-order valence-corrected chi connectivity index (χ3v) is 2.71. The fourth-order valence-corrected chi connectivity index (χ4v) is 1.86. The van der Waals surface area contributed by atoms with Gasteiger partial charge in [-0.25, -0.2) is 9.37 Å². The van der Waals surface area contributed by atoms with E-state index >= 15 is 0 Å². The number of fused-ring (bicyclic) bond motifs is 1. The number of pyridine rings is 1. The number of aromatic nitrogens is 2. The predicted molar refractivity (Wildman–Crippen MR) is 61.8 cm³/mol. The molecule has 3 rings (SSSR count). The highest BCUT2D eigenvalue weighted by Crippen LogP contribution is 2.22. The molecule has 3 heteroatoms. The molecule has 1 atom stereocenters. The van der Waals surface area contributed by atoms with Crippen LogP contribution >= 0.6 is 0 Å². The minimum Gasteiger partial charge on any atom is -0.306 e. The van der Waals surface area contributed by atoms with E-state index < -0.39 is 6.17 Å². The maximum absolute atomic E-state index is 12.9. The number of allylic oxidation sites excluding steroid dienone is 4. The molecular weight excluding hydrogens is 203 g/mol. The average Bonchev–Trinajstić information content (AvgIpc) is 2.73. The summed E-state index contributed by atoms with van der Waals surface area (Å²) in [5.74, 6) is 0. The molecule has 0 aromatic carbocycles. The summed E-state index contributed by atoms with van der Waals surface area (Å²) in [4.78, 5) is 4.48. The number of imidazole rings is 1. The zero-order valence-corrected chi connectivity index (χ0v) is 8.68. The van der Waals surface area contributed by atoms with Gasteiger partial charge in [0, 0.05) is 18.8 Å². The summed E-state index contributed by atoms with van der Waals surface area (Å²) in [5, 5.41) is 0. The fraction of sp³-hybridized carbons (Fsp3) is 0.154. The Morgan fingerprint density at radius 3 is 3.06 bits per heavy atom. The number of halogens is 1. The lowest BCUT2D eigenvalue weighted by Gasteiger charge is -2.06. The van der Waals surface area contributed by atoms with Crippen LogP contribution in [0.5, 0.6) is 0 Å². The van der Waals surface area contributed by atoms with Crippen LogP contribution in [0.25, 0.3) is 11.2 Å². The van der Waals surface area contributed by atoms with Crippen LogP contribution in [0, 0.1) is 0 Å². The van der Waals surface area contributed by atoms with Crippen molar-refractivity contribution in [2.45, 2.75) is 12.6 Å². The molecule has 2 nitrogen and oxygen atoms in total. The first-order valence-electron chi connectivity index (χ1n) is 5.29. The van der Waals surface area contributed by atoms with Crippen molar-refractivity contribution in [1.82, 2.24) is 9.38 Å². The first-order chi connectivity index (χ1) is 7.83. The maximum atomic E-state index is 12.9. The Bertz CT molecular complexity index is 547. The van der Waals surface area contributed by atoms with Crippen LogP contribution in [-0.2, 0) is 0 Å². The quantitative estimate of drug-likeness (QED) is 0.713. The summed E-state index contributed by atoms with van der Waals surface area (Å²) in [6.07, 6.45) is 8.79. The second-order valence-electron chi connectivity index (χ2n) is 3.86. The number of rotatable bonds is 1. The van der Waals surface area contributed by atoms with E-state index in [0.29, 0.717) is 6.42 Å². The SMILES string of the molecule is FC1C=CC(c2cn3ccccc3n2)=CC1. The fourth-order valence-electron chi connectivity index (χ4n) is 1.86. The van der Waals surface area contributed by atoms with Crippen molar-refractivity contribution in [2.75, 3.05) is 0 Å². The van der Waals surface area contributed by atoms with Crippen molar-refractivity contribution in [1.29, 1.82) is 0 Å². The monoisotopic (exact) mass is 214 g/mol. The van der Waals surface area contributed by atoms with E-state index in [-0.39, 0.29) is 0 Å². The summed E-state index contributed by atoms with van der Waals surface area (Å²) in [5.41, 5.74) is 2.81. The van der Waals surface area contributed by atoms with Gasteiger partial charge >= 0.3 is 0 Å². The Kier molecular flexibility index (Phi) is 2.10. The standard InChI is InChI=1S/C13H11FN2/c14-11-6-4-10(5-7-11)12-9-16-8-2-1-3-13(16)15-12/h1-6,8-9,11H,7H2. The highest BCUT2D eigenvalue weighted by Gasteiger charge is 2.10. The van der Waals surface area contributed by atoms with Gasteiger partial charge in [-0.3, -0.25) is 0 Å². The molecule has 2 heterocycles. The zero-order chi connectivity index (χ0) is 11.0. The van der Waals surface area contributed by atoms with Crippen LogP contribution in [-0.4, -0.2) is 15.6 Å². The Hall–Kier alpha value is -1.90. The second kappa shape index (κ2) is 3.59. The molecule has 16 heavy (non-hydrogen) atoms. The molecule has 2 aromatic heterocycles. The number of nitrogens with zero attached hydrogens (tertiary/aromatic N) is 2. The van der Waals surface area contributed by atoms with E-state index in [0.717, 1.165) is 16.9 Å². The topological polar surface area (TPSA) is 17.3 Å². The summed E-state index contributed by atoms with van der Waals surface area (Å²) >= 11 is 0. The number of hydrogen-bond acceptors (Lipinski definition) is 1. The van der Waals surface area contributed by atoms with Crippen LogP contribution in [0.3, 0.4) is 0 Å². The van der Waals surface area contributed by atoms with Gasteiger partial charge in [-0.2, -0.15) is 0 Å². The molecule has 2 aromatic rings. The average molecular weight is 214 g/mol. The molecule has 0 saturated carbocycles. The molecule has 1 unspecified atom stereocenters. The van der Waals surface area contributed by atoms with Gasteiger partial charge < -0.3 is 4.40 Å². The molecule has 0 fully saturated rings. The highest BCUT2D eigenvalue weighted by molar-refractivity contribution is 5.74. The van der Waals surface area contributed by atoms with E-state index in [2.05, 4.69) is 4.98 Å². The van der Waals surface area contributed by atoms with Crippen molar-refractivity contribution in [3.8, 4) is 0 Å². The van der Waals surface area contributed by atoms with E-state index in [1.807, 2.05) is 41.1 Å². The normalized spacial score (nSPS) is 20.1. The predicted octanol–water partition coefficient (Wildman–Crippen LogP) is 3.02. The summed E-state index contributed by atoms with van der Waals surface area (Å²) in [7, 11) is 0. The lowest BCUT2D eigenvalue weighted by Crippen LogP contribution is -1.98. The zero-order valence-electron chi connectivity index (χ0n) is 8.68. The van der Waals surface area contributed by atoms with Gasteiger partial charge in [0.05, 0.1) is 5.69 Å². The Balaban J connectivity index is 2.04. The van der Waals surface area contributed by atoms with Crippen LogP contribution in [0.2, 0.25) is 0 Å². The Morgan fingerprint density at radius 2 is 2.31 bits per heavy atom. The first kappa shape index (κ1) is 9.33. The molecule has 0 bridgehead atoms. The van der Waals surface area contributed by atoms with Crippen LogP contribution in [0.4, 0.5) is 4.39 Å². The van der Waals surface area contributed by atoms with Gasteiger partial charge in [-0.05, 0) is 23.8 Å². The van der Waals surface area contributed by atoms with Gasteiger partial charge in [0.2, 0.25) is 0 Å². The summed E-state index contributed by atoms with van der Waals surface area (Å²) in [6, 6.07) is 5.87.